The van der Waals surface area contributed by atoms with Crippen molar-refractivity contribution < 1.29 is 18.8 Å². The largest absolute Gasteiger partial charge is 0.475 e. The van der Waals surface area contributed by atoms with Crippen LogP contribution in [0.1, 0.15) is 58.6 Å². The molecule has 0 bridgehead atoms. The fourth-order valence-corrected chi connectivity index (χ4v) is 3.65. The van der Waals surface area contributed by atoms with Crippen LogP contribution in [0, 0.1) is 0 Å². The van der Waals surface area contributed by atoms with E-state index in [9.17, 15) is 4.79 Å². The Bertz CT molecular complexity index is 647. The Labute approximate surface area is 166 Å². The molecule has 1 aliphatic heterocycles. The Morgan fingerprint density at radius 3 is 2.81 bits per heavy atom. The van der Waals surface area contributed by atoms with Crippen LogP contribution in [-0.4, -0.2) is 58.2 Å². The third-order valence-corrected chi connectivity index (χ3v) is 5.61. The highest BCUT2D eigenvalue weighted by atomic mass is 32.1. The SMILES string of the molecule is CCCCCCOc1nsnc1C1=CCC[N+](C)([C@H](C)OC(=O)[C@H](C)N)C1. The van der Waals surface area contributed by atoms with Gasteiger partial charge in [-0.05, 0) is 13.3 Å². The summed E-state index contributed by atoms with van der Waals surface area (Å²) >= 11 is 1.18. The van der Waals surface area contributed by atoms with Gasteiger partial charge in [-0.3, -0.25) is 9.28 Å². The summed E-state index contributed by atoms with van der Waals surface area (Å²) < 4.78 is 20.9. The number of rotatable bonds is 10. The zero-order valence-electron chi connectivity index (χ0n) is 16.9. The quantitative estimate of drug-likeness (QED) is 0.371. The van der Waals surface area contributed by atoms with Crippen LogP contribution in [0.2, 0.25) is 0 Å². The monoisotopic (exact) mass is 397 g/mol. The van der Waals surface area contributed by atoms with E-state index >= 15 is 0 Å². The average molecular weight is 398 g/mol. The van der Waals surface area contributed by atoms with Crippen LogP contribution in [0.4, 0.5) is 0 Å². The number of esters is 1. The maximum Gasteiger partial charge on any atom is 0.327 e. The molecule has 0 saturated carbocycles. The maximum absolute atomic E-state index is 11.9. The highest BCUT2D eigenvalue weighted by Crippen LogP contribution is 2.31. The van der Waals surface area contributed by atoms with Crippen LogP contribution in [0.15, 0.2) is 6.08 Å². The fraction of sp³-hybridized carbons (Fsp3) is 0.737. The molecule has 27 heavy (non-hydrogen) atoms. The van der Waals surface area contributed by atoms with Crippen LogP contribution >= 0.6 is 11.7 Å². The number of likely N-dealkylation sites (N-methyl/N-ethyl adjacent to an activating group) is 1. The van der Waals surface area contributed by atoms with E-state index in [-0.39, 0.29) is 12.2 Å². The number of hydrogen-bond donors (Lipinski definition) is 1. The smallest absolute Gasteiger partial charge is 0.327 e. The molecular weight excluding hydrogens is 364 g/mol. The van der Waals surface area contributed by atoms with Crippen molar-refractivity contribution in [2.45, 2.75) is 65.1 Å². The zero-order chi connectivity index (χ0) is 19.9. The number of nitrogens with two attached hydrogens (primary N) is 1. The van der Waals surface area contributed by atoms with E-state index in [4.69, 9.17) is 15.2 Å². The van der Waals surface area contributed by atoms with Gasteiger partial charge in [0.05, 0.1) is 31.9 Å². The Hall–Kier alpha value is -1.51. The van der Waals surface area contributed by atoms with Crippen molar-refractivity contribution in [3.8, 4) is 5.88 Å². The molecule has 1 aromatic rings. The molecule has 0 spiro atoms. The highest BCUT2D eigenvalue weighted by molar-refractivity contribution is 6.99. The van der Waals surface area contributed by atoms with E-state index in [0.717, 1.165) is 30.7 Å². The number of hydrogen-bond acceptors (Lipinski definition) is 7. The third-order valence-electron chi connectivity index (χ3n) is 5.10. The van der Waals surface area contributed by atoms with Gasteiger partial charge in [-0.25, -0.2) is 0 Å². The molecule has 0 aliphatic carbocycles. The molecule has 7 nitrogen and oxygen atoms in total. The van der Waals surface area contributed by atoms with Crippen molar-refractivity contribution in [1.82, 2.24) is 8.75 Å². The Kier molecular flexibility index (Phi) is 8.19. The molecule has 0 radical (unpaired) electrons. The summed E-state index contributed by atoms with van der Waals surface area (Å²) in [6.45, 7) is 8.03. The molecule has 8 heteroatoms. The summed E-state index contributed by atoms with van der Waals surface area (Å²) in [6.07, 6.45) is 7.44. The number of nitrogens with zero attached hydrogens (tertiary/aromatic N) is 3. The van der Waals surface area contributed by atoms with E-state index in [1.807, 2.05) is 6.92 Å². The minimum absolute atomic E-state index is 0.280. The van der Waals surface area contributed by atoms with Crippen molar-refractivity contribution in [2.75, 3.05) is 26.7 Å². The van der Waals surface area contributed by atoms with Gasteiger partial charge < -0.3 is 15.2 Å². The number of carbonyl (C=O) groups excluding carboxylic acids is 1. The lowest BCUT2D eigenvalue weighted by molar-refractivity contribution is -0.944. The average Bonchev–Trinajstić information content (AvgIpc) is 3.10. The molecule has 0 amide bonds. The summed E-state index contributed by atoms with van der Waals surface area (Å²) in [4.78, 5) is 11.9. The zero-order valence-corrected chi connectivity index (χ0v) is 17.8. The molecule has 0 fully saturated rings. The number of ether oxygens (including phenoxy) is 2. The molecule has 2 heterocycles. The van der Waals surface area contributed by atoms with Crippen LogP contribution in [-0.2, 0) is 9.53 Å². The Balaban J connectivity index is 2.00. The highest BCUT2D eigenvalue weighted by Gasteiger charge is 2.37. The standard InChI is InChI=1S/C19H33N4O3S/c1-5-6-7-8-12-25-18-17(21-27-22-18)16-10-9-11-23(4,13-16)15(3)26-19(24)14(2)20/h10,14-15H,5-9,11-13,20H2,1-4H3/q+1/t14-,15-,23?/m0/s1. The van der Waals surface area contributed by atoms with Gasteiger partial charge >= 0.3 is 5.97 Å². The molecule has 2 rings (SSSR count). The lowest BCUT2D eigenvalue weighted by Gasteiger charge is -2.41. The first-order valence-electron chi connectivity index (χ1n) is 9.82. The molecule has 0 aromatic carbocycles. The fourth-order valence-electron chi connectivity index (χ4n) is 3.12. The Morgan fingerprint density at radius 1 is 1.33 bits per heavy atom. The van der Waals surface area contributed by atoms with Gasteiger partial charge in [-0.2, -0.15) is 4.37 Å². The summed E-state index contributed by atoms with van der Waals surface area (Å²) in [7, 11) is 2.09. The molecule has 2 N–H and O–H groups in total. The molecule has 0 saturated heterocycles. The van der Waals surface area contributed by atoms with E-state index in [2.05, 4.69) is 28.8 Å². The van der Waals surface area contributed by atoms with Crippen molar-refractivity contribution in [2.24, 2.45) is 5.73 Å². The Morgan fingerprint density at radius 2 is 2.11 bits per heavy atom. The third kappa shape index (κ3) is 5.99. The lowest BCUT2D eigenvalue weighted by atomic mass is 10.0. The van der Waals surface area contributed by atoms with Crippen LogP contribution in [0.25, 0.3) is 5.57 Å². The molecule has 3 atom stereocenters. The minimum atomic E-state index is -0.616. The second-order valence-electron chi connectivity index (χ2n) is 7.53. The van der Waals surface area contributed by atoms with Crippen molar-refractivity contribution in [3.05, 3.63) is 11.8 Å². The van der Waals surface area contributed by atoms with E-state index < -0.39 is 6.04 Å². The van der Waals surface area contributed by atoms with Gasteiger partial charge in [-0.1, -0.05) is 32.3 Å². The van der Waals surface area contributed by atoms with E-state index in [0.29, 0.717) is 23.5 Å². The molecule has 1 unspecified atom stereocenters. The predicted octanol–water partition coefficient (Wildman–Crippen LogP) is 2.97. The lowest BCUT2D eigenvalue weighted by Crippen LogP contribution is -2.56. The first kappa shape index (κ1) is 21.8. The van der Waals surface area contributed by atoms with Crippen LogP contribution in [0.5, 0.6) is 5.88 Å². The molecule has 1 aromatic heterocycles. The molecule has 1 aliphatic rings. The van der Waals surface area contributed by atoms with Gasteiger partial charge in [0.1, 0.15) is 18.3 Å². The first-order chi connectivity index (χ1) is 12.9. The van der Waals surface area contributed by atoms with Gasteiger partial charge in [0.25, 0.3) is 5.88 Å². The number of quaternary nitrogens is 1. The number of unbranched alkanes of at least 4 members (excludes halogenated alkanes) is 3. The van der Waals surface area contributed by atoms with Gasteiger partial charge in [0.15, 0.2) is 0 Å². The summed E-state index contributed by atoms with van der Waals surface area (Å²) in [6, 6.07) is -0.616. The van der Waals surface area contributed by atoms with Gasteiger partial charge in [-0.15, -0.1) is 4.37 Å². The van der Waals surface area contributed by atoms with E-state index in [1.165, 1.54) is 31.0 Å². The summed E-state index contributed by atoms with van der Waals surface area (Å²) in [5.41, 5.74) is 7.56. The maximum atomic E-state index is 11.9. The van der Waals surface area contributed by atoms with Crippen molar-refractivity contribution >= 4 is 23.3 Å². The normalized spacial score (nSPS) is 22.0. The minimum Gasteiger partial charge on any atom is -0.475 e. The van der Waals surface area contributed by atoms with Crippen LogP contribution in [0.3, 0.4) is 0 Å². The van der Waals surface area contributed by atoms with Gasteiger partial charge in [0, 0.05) is 18.9 Å². The second-order valence-corrected chi connectivity index (χ2v) is 8.06. The number of aromatic nitrogens is 2. The van der Waals surface area contributed by atoms with Crippen molar-refractivity contribution in [1.29, 1.82) is 0 Å². The second kappa shape index (κ2) is 10.1. The summed E-state index contributed by atoms with van der Waals surface area (Å²) in [5.74, 6) is 0.251. The topological polar surface area (TPSA) is 87.3 Å². The van der Waals surface area contributed by atoms with Crippen molar-refractivity contribution in [3.63, 3.8) is 0 Å². The number of carbonyl (C=O) groups is 1. The van der Waals surface area contributed by atoms with E-state index in [1.54, 1.807) is 6.92 Å². The van der Waals surface area contributed by atoms with Gasteiger partial charge in [0.2, 0.25) is 6.23 Å². The first-order valence-corrected chi connectivity index (χ1v) is 10.6. The predicted molar refractivity (Wildman–Crippen MR) is 107 cm³/mol. The summed E-state index contributed by atoms with van der Waals surface area (Å²) in [5, 5.41) is 0. The molecule has 152 valence electrons. The molecular formula is C19H33N4O3S+. The van der Waals surface area contributed by atoms with Crippen LogP contribution < -0.4 is 10.5 Å².